The van der Waals surface area contributed by atoms with E-state index in [2.05, 4.69) is 0 Å². The average molecular weight is 230 g/mol. The molecule has 0 aliphatic carbocycles. The molecule has 0 saturated heterocycles. The molecule has 0 amide bonds. The second kappa shape index (κ2) is 7.40. The molecule has 1 atom stereocenters. The van der Waals surface area contributed by atoms with Crippen LogP contribution in [0.3, 0.4) is 0 Å². The highest BCUT2D eigenvalue weighted by atomic mass is 32.2. The van der Waals surface area contributed by atoms with Crippen LogP contribution in [-0.4, -0.2) is 28.9 Å². The van der Waals surface area contributed by atoms with E-state index in [1.807, 2.05) is 6.92 Å². The third-order valence-electron chi connectivity index (χ3n) is 1.80. The molecule has 0 fully saturated rings. The molecule has 0 aromatic carbocycles. The summed E-state index contributed by atoms with van der Waals surface area (Å²) < 4.78 is 35.2. The van der Waals surface area contributed by atoms with Crippen molar-refractivity contribution < 1.29 is 18.3 Å². The number of hydrogen-bond donors (Lipinski definition) is 1. The van der Waals surface area contributed by atoms with Crippen molar-refractivity contribution in [3.63, 3.8) is 0 Å². The van der Waals surface area contributed by atoms with Gasteiger partial charge in [-0.2, -0.15) is 24.9 Å². The lowest BCUT2D eigenvalue weighted by atomic mass is 10.1. The number of aliphatic hydroxyl groups is 1. The highest BCUT2D eigenvalue weighted by Gasteiger charge is 2.26. The van der Waals surface area contributed by atoms with Crippen LogP contribution in [0.25, 0.3) is 0 Å². The summed E-state index contributed by atoms with van der Waals surface area (Å²) in [5.41, 5.74) is 0. The molecule has 0 heterocycles. The zero-order valence-electron chi connectivity index (χ0n) is 8.31. The van der Waals surface area contributed by atoms with E-state index >= 15 is 0 Å². The minimum atomic E-state index is -4.09. The molecule has 0 rings (SSSR count). The lowest BCUT2D eigenvalue weighted by molar-refractivity contribution is -0.136. The first-order chi connectivity index (χ1) is 6.45. The van der Waals surface area contributed by atoms with Crippen molar-refractivity contribution in [1.82, 2.24) is 0 Å². The van der Waals surface area contributed by atoms with Gasteiger partial charge in [-0.1, -0.05) is 6.92 Å². The standard InChI is InChI=1S/C9H17F3OS/c1-2-14-7-5-8(13)4-3-6-9(10,11)12/h8,13H,2-7H2,1H3. The summed E-state index contributed by atoms with van der Waals surface area (Å²) in [6.45, 7) is 2.01. The molecule has 0 radical (unpaired) electrons. The summed E-state index contributed by atoms with van der Waals surface area (Å²) in [6.07, 6.45) is -4.57. The van der Waals surface area contributed by atoms with Crippen LogP contribution in [0.1, 0.15) is 32.6 Å². The van der Waals surface area contributed by atoms with Gasteiger partial charge in [-0.15, -0.1) is 0 Å². The minimum Gasteiger partial charge on any atom is -0.393 e. The van der Waals surface area contributed by atoms with Gasteiger partial charge in [-0.25, -0.2) is 0 Å². The highest BCUT2D eigenvalue weighted by molar-refractivity contribution is 7.99. The smallest absolute Gasteiger partial charge is 0.389 e. The molecule has 1 N–H and O–H groups in total. The Morgan fingerprint density at radius 1 is 1.29 bits per heavy atom. The third kappa shape index (κ3) is 10.2. The van der Waals surface area contributed by atoms with E-state index in [9.17, 15) is 18.3 Å². The van der Waals surface area contributed by atoms with Gasteiger partial charge in [0, 0.05) is 6.42 Å². The van der Waals surface area contributed by atoms with Crippen molar-refractivity contribution in [3.05, 3.63) is 0 Å². The Balaban J connectivity index is 3.31. The minimum absolute atomic E-state index is 0.0292. The summed E-state index contributed by atoms with van der Waals surface area (Å²) in [6, 6.07) is 0. The predicted molar refractivity (Wildman–Crippen MR) is 53.5 cm³/mol. The van der Waals surface area contributed by atoms with Gasteiger partial charge >= 0.3 is 6.18 Å². The van der Waals surface area contributed by atoms with E-state index in [0.717, 1.165) is 11.5 Å². The first-order valence-electron chi connectivity index (χ1n) is 4.78. The largest absolute Gasteiger partial charge is 0.393 e. The Labute approximate surface area is 87.1 Å². The molecule has 0 saturated carbocycles. The van der Waals surface area contributed by atoms with Crippen LogP contribution < -0.4 is 0 Å². The molecule has 0 spiro atoms. The quantitative estimate of drug-likeness (QED) is 0.678. The molecule has 1 unspecified atom stereocenters. The maximum atomic E-state index is 11.7. The monoisotopic (exact) mass is 230 g/mol. The van der Waals surface area contributed by atoms with Crippen molar-refractivity contribution in [2.45, 2.75) is 44.9 Å². The number of halogens is 3. The van der Waals surface area contributed by atoms with E-state index in [1.54, 1.807) is 11.8 Å². The van der Waals surface area contributed by atoms with Crippen molar-refractivity contribution in [1.29, 1.82) is 0 Å². The SMILES string of the molecule is CCSCCC(O)CCCC(F)(F)F. The average Bonchev–Trinajstić information content (AvgIpc) is 2.02. The van der Waals surface area contributed by atoms with Gasteiger partial charge in [-0.3, -0.25) is 0 Å². The normalized spacial score (nSPS) is 14.4. The van der Waals surface area contributed by atoms with Crippen LogP contribution in [0.5, 0.6) is 0 Å². The maximum Gasteiger partial charge on any atom is 0.389 e. The molecule has 0 aromatic rings. The fourth-order valence-corrected chi connectivity index (χ4v) is 1.77. The van der Waals surface area contributed by atoms with Crippen LogP contribution in [-0.2, 0) is 0 Å². The van der Waals surface area contributed by atoms with E-state index < -0.39 is 18.7 Å². The first-order valence-corrected chi connectivity index (χ1v) is 5.93. The summed E-state index contributed by atoms with van der Waals surface area (Å²) in [4.78, 5) is 0. The fourth-order valence-electron chi connectivity index (χ4n) is 1.05. The zero-order chi connectivity index (χ0) is 11.0. The molecule has 1 nitrogen and oxygen atoms in total. The molecule has 0 aromatic heterocycles. The molecule has 14 heavy (non-hydrogen) atoms. The van der Waals surface area contributed by atoms with Crippen molar-refractivity contribution in [3.8, 4) is 0 Å². The Hall–Kier alpha value is 0.100. The van der Waals surface area contributed by atoms with Gasteiger partial charge in [0.05, 0.1) is 6.10 Å². The van der Waals surface area contributed by atoms with Gasteiger partial charge in [0.1, 0.15) is 0 Å². The summed E-state index contributed by atoms with van der Waals surface area (Å²) in [5.74, 6) is 1.80. The lowest BCUT2D eigenvalue weighted by Crippen LogP contribution is -2.12. The maximum absolute atomic E-state index is 11.7. The van der Waals surface area contributed by atoms with Crippen LogP contribution in [0, 0.1) is 0 Å². The van der Waals surface area contributed by atoms with Crippen molar-refractivity contribution >= 4 is 11.8 Å². The van der Waals surface area contributed by atoms with Crippen LogP contribution in [0.2, 0.25) is 0 Å². The molecule has 86 valence electrons. The Morgan fingerprint density at radius 2 is 1.93 bits per heavy atom. The Kier molecular flexibility index (Phi) is 7.45. The molecule has 0 aliphatic rings. The van der Waals surface area contributed by atoms with E-state index in [-0.39, 0.29) is 12.8 Å². The predicted octanol–water partition coefficient (Wildman–Crippen LogP) is 3.22. The van der Waals surface area contributed by atoms with Crippen LogP contribution in [0.4, 0.5) is 13.2 Å². The topological polar surface area (TPSA) is 20.2 Å². The van der Waals surface area contributed by atoms with E-state index in [0.29, 0.717) is 6.42 Å². The number of alkyl halides is 3. The van der Waals surface area contributed by atoms with Gasteiger partial charge in [-0.05, 0) is 30.8 Å². The number of rotatable bonds is 7. The summed E-state index contributed by atoms with van der Waals surface area (Å²) >= 11 is 1.69. The Bertz CT molecular complexity index is 139. The van der Waals surface area contributed by atoms with Gasteiger partial charge in [0.15, 0.2) is 0 Å². The van der Waals surface area contributed by atoms with E-state index in [4.69, 9.17) is 0 Å². The number of thioether (sulfide) groups is 1. The second-order valence-corrected chi connectivity index (χ2v) is 4.54. The van der Waals surface area contributed by atoms with Gasteiger partial charge < -0.3 is 5.11 Å². The number of hydrogen-bond acceptors (Lipinski definition) is 2. The molecular weight excluding hydrogens is 213 g/mol. The summed E-state index contributed by atoms with van der Waals surface area (Å²) in [7, 11) is 0. The Morgan fingerprint density at radius 3 is 2.43 bits per heavy atom. The molecule has 0 aliphatic heterocycles. The zero-order valence-corrected chi connectivity index (χ0v) is 9.13. The van der Waals surface area contributed by atoms with Gasteiger partial charge in [0.25, 0.3) is 0 Å². The van der Waals surface area contributed by atoms with Crippen LogP contribution in [0.15, 0.2) is 0 Å². The summed E-state index contributed by atoms with van der Waals surface area (Å²) in [5, 5.41) is 9.29. The second-order valence-electron chi connectivity index (χ2n) is 3.15. The number of aliphatic hydroxyl groups excluding tert-OH is 1. The highest BCUT2D eigenvalue weighted by Crippen LogP contribution is 2.23. The molecule has 5 heteroatoms. The first kappa shape index (κ1) is 14.1. The molecule has 0 bridgehead atoms. The molecular formula is C9H17F3OS. The third-order valence-corrected chi connectivity index (χ3v) is 2.73. The van der Waals surface area contributed by atoms with E-state index in [1.165, 1.54) is 0 Å². The lowest BCUT2D eigenvalue weighted by Gasteiger charge is -2.10. The van der Waals surface area contributed by atoms with Crippen LogP contribution >= 0.6 is 11.8 Å². The fraction of sp³-hybridized carbons (Fsp3) is 1.00. The van der Waals surface area contributed by atoms with Crippen molar-refractivity contribution in [2.24, 2.45) is 0 Å². The van der Waals surface area contributed by atoms with Crippen molar-refractivity contribution in [2.75, 3.05) is 11.5 Å². The van der Waals surface area contributed by atoms with Gasteiger partial charge in [0.2, 0.25) is 0 Å².